The Labute approximate surface area is 99.9 Å². The van der Waals surface area contributed by atoms with Crippen LogP contribution in [0.3, 0.4) is 0 Å². The van der Waals surface area contributed by atoms with Gasteiger partial charge in [0.1, 0.15) is 0 Å². The van der Waals surface area contributed by atoms with E-state index in [1.807, 2.05) is 6.20 Å². The SMILES string of the molecule is Cc1ncc(CNCC2CCCCS2)s1. The third kappa shape index (κ3) is 3.78. The van der Waals surface area contributed by atoms with E-state index in [1.165, 1.54) is 34.9 Å². The second-order valence-corrected chi connectivity index (χ2v) is 6.69. The summed E-state index contributed by atoms with van der Waals surface area (Å²) >= 11 is 3.92. The topological polar surface area (TPSA) is 24.9 Å². The first kappa shape index (κ1) is 11.4. The van der Waals surface area contributed by atoms with Gasteiger partial charge in [-0.25, -0.2) is 4.98 Å². The predicted octanol–water partition coefficient (Wildman–Crippen LogP) is 2.83. The highest BCUT2D eigenvalue weighted by molar-refractivity contribution is 7.99. The van der Waals surface area contributed by atoms with Gasteiger partial charge in [-0.3, -0.25) is 0 Å². The van der Waals surface area contributed by atoms with Crippen molar-refractivity contribution >= 4 is 23.1 Å². The molecule has 0 saturated carbocycles. The van der Waals surface area contributed by atoms with Gasteiger partial charge in [-0.2, -0.15) is 11.8 Å². The molecule has 1 N–H and O–H groups in total. The summed E-state index contributed by atoms with van der Waals surface area (Å²) < 4.78 is 0. The molecule has 1 atom stereocenters. The molecule has 4 heteroatoms. The lowest BCUT2D eigenvalue weighted by atomic mass is 10.2. The summed E-state index contributed by atoms with van der Waals surface area (Å²) in [7, 11) is 0. The highest BCUT2D eigenvalue weighted by atomic mass is 32.2. The Hall–Kier alpha value is -0.0600. The second kappa shape index (κ2) is 5.87. The van der Waals surface area contributed by atoms with E-state index in [1.54, 1.807) is 11.3 Å². The van der Waals surface area contributed by atoms with Crippen molar-refractivity contribution in [3.63, 3.8) is 0 Å². The van der Waals surface area contributed by atoms with Gasteiger partial charge in [0, 0.05) is 29.4 Å². The normalized spacial score (nSPS) is 21.8. The van der Waals surface area contributed by atoms with Gasteiger partial charge >= 0.3 is 0 Å². The number of thioether (sulfide) groups is 1. The molecule has 2 heterocycles. The first-order chi connectivity index (χ1) is 7.34. The van der Waals surface area contributed by atoms with Crippen LogP contribution in [0, 0.1) is 6.92 Å². The van der Waals surface area contributed by atoms with E-state index in [2.05, 4.69) is 29.0 Å². The molecular weight excluding hydrogens is 224 g/mol. The molecule has 1 aliphatic heterocycles. The van der Waals surface area contributed by atoms with Gasteiger partial charge in [0.05, 0.1) is 5.01 Å². The molecule has 1 unspecified atom stereocenters. The van der Waals surface area contributed by atoms with E-state index in [0.29, 0.717) is 0 Å². The molecule has 0 spiro atoms. The molecule has 0 aliphatic carbocycles. The van der Waals surface area contributed by atoms with Crippen LogP contribution in [0.2, 0.25) is 0 Å². The standard InChI is InChI=1S/C11H18N2S2/c1-9-13-8-11(15-9)7-12-6-10-4-2-3-5-14-10/h8,10,12H,2-7H2,1H3. The fourth-order valence-electron chi connectivity index (χ4n) is 1.81. The van der Waals surface area contributed by atoms with Gasteiger partial charge in [0.25, 0.3) is 0 Å². The summed E-state index contributed by atoms with van der Waals surface area (Å²) in [6.07, 6.45) is 6.20. The van der Waals surface area contributed by atoms with Crippen molar-refractivity contribution < 1.29 is 0 Å². The quantitative estimate of drug-likeness (QED) is 0.879. The summed E-state index contributed by atoms with van der Waals surface area (Å²) in [4.78, 5) is 5.61. The first-order valence-electron chi connectivity index (χ1n) is 5.58. The van der Waals surface area contributed by atoms with Crippen molar-refractivity contribution in [1.82, 2.24) is 10.3 Å². The van der Waals surface area contributed by atoms with Crippen molar-refractivity contribution in [1.29, 1.82) is 0 Å². The number of thiazole rings is 1. The maximum absolute atomic E-state index is 4.26. The van der Waals surface area contributed by atoms with Crippen molar-refractivity contribution in [2.45, 2.75) is 38.0 Å². The lowest BCUT2D eigenvalue weighted by molar-refractivity contribution is 0.600. The highest BCUT2D eigenvalue weighted by Gasteiger charge is 2.12. The molecule has 1 fully saturated rings. The Morgan fingerprint density at radius 3 is 3.13 bits per heavy atom. The predicted molar refractivity (Wildman–Crippen MR) is 68.7 cm³/mol. The van der Waals surface area contributed by atoms with Gasteiger partial charge in [-0.15, -0.1) is 11.3 Å². The van der Waals surface area contributed by atoms with E-state index in [9.17, 15) is 0 Å². The number of nitrogens with one attached hydrogen (secondary N) is 1. The fraction of sp³-hybridized carbons (Fsp3) is 0.727. The van der Waals surface area contributed by atoms with Gasteiger partial charge in [-0.05, 0) is 25.5 Å². The van der Waals surface area contributed by atoms with Crippen LogP contribution in [0.25, 0.3) is 0 Å². The highest BCUT2D eigenvalue weighted by Crippen LogP contribution is 2.24. The zero-order valence-electron chi connectivity index (χ0n) is 9.16. The molecular formula is C11H18N2S2. The molecule has 0 aromatic carbocycles. The number of hydrogen-bond acceptors (Lipinski definition) is 4. The number of nitrogens with zero attached hydrogens (tertiary/aromatic N) is 1. The van der Waals surface area contributed by atoms with E-state index in [-0.39, 0.29) is 0 Å². The van der Waals surface area contributed by atoms with Crippen LogP contribution in [0.15, 0.2) is 6.20 Å². The smallest absolute Gasteiger partial charge is 0.0897 e. The van der Waals surface area contributed by atoms with Crippen LogP contribution in [0.5, 0.6) is 0 Å². The molecule has 15 heavy (non-hydrogen) atoms. The molecule has 0 radical (unpaired) electrons. The molecule has 84 valence electrons. The van der Waals surface area contributed by atoms with Crippen LogP contribution in [0.4, 0.5) is 0 Å². The van der Waals surface area contributed by atoms with E-state index >= 15 is 0 Å². The first-order valence-corrected chi connectivity index (χ1v) is 7.45. The third-order valence-corrected chi connectivity index (χ3v) is 4.93. The van der Waals surface area contributed by atoms with Crippen molar-refractivity contribution in [3.05, 3.63) is 16.1 Å². The molecule has 1 aliphatic rings. The van der Waals surface area contributed by atoms with Gasteiger partial charge < -0.3 is 5.32 Å². The molecule has 1 saturated heterocycles. The van der Waals surface area contributed by atoms with E-state index in [4.69, 9.17) is 0 Å². The summed E-state index contributed by atoms with van der Waals surface area (Å²) in [5.41, 5.74) is 0. The van der Waals surface area contributed by atoms with Gasteiger partial charge in [0.15, 0.2) is 0 Å². The maximum Gasteiger partial charge on any atom is 0.0897 e. The number of aryl methyl sites for hydroxylation is 1. The Morgan fingerprint density at radius 1 is 1.53 bits per heavy atom. The lowest BCUT2D eigenvalue weighted by Gasteiger charge is -2.21. The minimum atomic E-state index is 0.841. The largest absolute Gasteiger partial charge is 0.311 e. The number of aromatic nitrogens is 1. The van der Waals surface area contributed by atoms with E-state index in [0.717, 1.165) is 18.3 Å². The van der Waals surface area contributed by atoms with Crippen molar-refractivity contribution in [2.24, 2.45) is 0 Å². The average Bonchev–Trinajstić information content (AvgIpc) is 2.66. The molecule has 1 aromatic rings. The minimum absolute atomic E-state index is 0.841. The number of hydrogen-bond donors (Lipinski definition) is 1. The van der Waals surface area contributed by atoms with Crippen LogP contribution in [0.1, 0.15) is 29.1 Å². The van der Waals surface area contributed by atoms with E-state index < -0.39 is 0 Å². The molecule has 2 rings (SSSR count). The summed E-state index contributed by atoms with van der Waals surface area (Å²) in [5.74, 6) is 1.35. The summed E-state index contributed by atoms with van der Waals surface area (Å²) in [6.45, 7) is 4.20. The summed E-state index contributed by atoms with van der Waals surface area (Å²) in [5, 5.41) is 5.54. The lowest BCUT2D eigenvalue weighted by Crippen LogP contribution is -2.26. The second-order valence-electron chi connectivity index (χ2n) is 3.97. The zero-order valence-corrected chi connectivity index (χ0v) is 10.8. The van der Waals surface area contributed by atoms with Gasteiger partial charge in [-0.1, -0.05) is 6.42 Å². The number of rotatable bonds is 4. The minimum Gasteiger partial charge on any atom is -0.311 e. The zero-order chi connectivity index (χ0) is 10.5. The Bertz CT molecular complexity index is 293. The Morgan fingerprint density at radius 2 is 2.47 bits per heavy atom. The van der Waals surface area contributed by atoms with Crippen LogP contribution in [-0.2, 0) is 6.54 Å². The average molecular weight is 242 g/mol. The Kier molecular flexibility index (Phi) is 4.47. The van der Waals surface area contributed by atoms with Crippen LogP contribution >= 0.6 is 23.1 Å². The monoisotopic (exact) mass is 242 g/mol. The van der Waals surface area contributed by atoms with Gasteiger partial charge in [0.2, 0.25) is 0 Å². The van der Waals surface area contributed by atoms with Crippen LogP contribution in [-0.4, -0.2) is 22.5 Å². The molecule has 0 bridgehead atoms. The molecule has 1 aromatic heterocycles. The molecule has 2 nitrogen and oxygen atoms in total. The van der Waals surface area contributed by atoms with Crippen molar-refractivity contribution in [3.8, 4) is 0 Å². The Balaban J connectivity index is 1.65. The van der Waals surface area contributed by atoms with Crippen LogP contribution < -0.4 is 5.32 Å². The summed E-state index contributed by atoms with van der Waals surface area (Å²) in [6, 6.07) is 0. The van der Waals surface area contributed by atoms with Crippen molar-refractivity contribution in [2.75, 3.05) is 12.3 Å². The maximum atomic E-state index is 4.26. The third-order valence-electron chi connectivity index (χ3n) is 2.61. The molecule has 0 amide bonds. The fourth-order valence-corrected chi connectivity index (χ4v) is 3.85.